The van der Waals surface area contributed by atoms with Gasteiger partial charge in [-0.05, 0) is 31.2 Å². The summed E-state index contributed by atoms with van der Waals surface area (Å²) in [5.41, 5.74) is -0.0625. The lowest BCUT2D eigenvalue weighted by Gasteiger charge is -2.08. The van der Waals surface area contributed by atoms with Gasteiger partial charge in [0.05, 0.1) is 16.1 Å². The Hall–Kier alpha value is -3.71. The third kappa shape index (κ3) is 3.31. The van der Waals surface area contributed by atoms with Crippen LogP contribution in [0.1, 0.15) is 28.4 Å². The molecule has 7 heteroatoms. The highest BCUT2D eigenvalue weighted by Gasteiger charge is 2.20. The Morgan fingerprint density at radius 3 is 2.17 bits per heavy atom. The number of nitro benzene ring substituents is 1. The van der Waals surface area contributed by atoms with Gasteiger partial charge in [-0.3, -0.25) is 14.9 Å². The van der Waals surface area contributed by atoms with Gasteiger partial charge in [-0.1, -0.05) is 0 Å². The second kappa shape index (κ2) is 6.37. The molecule has 0 fully saturated rings. The molecule has 0 saturated heterocycles. The fraction of sp³-hybridized carbons (Fsp3) is 0.0625. The Kier molecular flexibility index (Phi) is 4.34. The molecule has 23 heavy (non-hydrogen) atoms. The predicted molar refractivity (Wildman–Crippen MR) is 79.0 cm³/mol. The molecule has 0 bridgehead atoms. The topological polar surface area (TPSA) is 117 Å². The largest absolute Gasteiger partial charge is 0.450 e. The van der Waals surface area contributed by atoms with Gasteiger partial charge in [-0.25, -0.2) is 0 Å². The van der Waals surface area contributed by atoms with Crippen LogP contribution in [0.4, 0.5) is 5.69 Å². The van der Waals surface area contributed by atoms with Crippen LogP contribution in [0, 0.1) is 32.8 Å². The van der Waals surface area contributed by atoms with E-state index in [0.29, 0.717) is 5.56 Å². The number of nitriles is 2. The molecule has 0 unspecified atom stereocenters. The second-order valence-corrected chi connectivity index (χ2v) is 4.53. The third-order valence-electron chi connectivity index (χ3n) is 3.03. The summed E-state index contributed by atoms with van der Waals surface area (Å²) in [5.74, 6) is 0.000456. The molecule has 0 aliphatic heterocycles. The highest BCUT2D eigenvalue weighted by atomic mass is 16.6. The Balaban J connectivity index is 2.46. The van der Waals surface area contributed by atoms with Crippen molar-refractivity contribution in [2.75, 3.05) is 0 Å². The zero-order valence-electron chi connectivity index (χ0n) is 11.9. The number of hydrogen-bond donors (Lipinski definition) is 0. The van der Waals surface area contributed by atoms with Crippen LogP contribution in [-0.2, 0) is 0 Å². The van der Waals surface area contributed by atoms with Gasteiger partial charge in [0.25, 0.3) is 0 Å². The molecule has 2 aromatic carbocycles. The van der Waals surface area contributed by atoms with Crippen LogP contribution < -0.4 is 4.74 Å². The third-order valence-corrected chi connectivity index (χ3v) is 3.03. The minimum atomic E-state index is -0.693. The Morgan fingerprint density at radius 1 is 1.13 bits per heavy atom. The molecule has 0 aliphatic rings. The monoisotopic (exact) mass is 307 g/mol. The van der Waals surface area contributed by atoms with E-state index in [9.17, 15) is 14.9 Å². The Labute approximate surface area is 131 Å². The quantitative estimate of drug-likeness (QED) is 0.485. The predicted octanol–water partition coefficient (Wildman–Crippen LogP) is 3.33. The van der Waals surface area contributed by atoms with E-state index in [1.165, 1.54) is 31.2 Å². The van der Waals surface area contributed by atoms with Crippen molar-refractivity contribution < 1.29 is 14.5 Å². The van der Waals surface area contributed by atoms with Crippen LogP contribution in [0.15, 0.2) is 36.4 Å². The number of benzene rings is 2. The van der Waals surface area contributed by atoms with Crippen LogP contribution in [0.3, 0.4) is 0 Å². The highest BCUT2D eigenvalue weighted by molar-refractivity contribution is 5.94. The van der Waals surface area contributed by atoms with Crippen molar-refractivity contribution in [1.29, 1.82) is 10.5 Å². The molecule has 0 heterocycles. The van der Waals surface area contributed by atoms with Crippen molar-refractivity contribution in [3.63, 3.8) is 0 Å². The molecule has 0 N–H and O–H groups in total. The van der Waals surface area contributed by atoms with Crippen molar-refractivity contribution >= 4 is 11.5 Å². The first-order valence-corrected chi connectivity index (χ1v) is 6.37. The SMILES string of the molecule is CC(=O)c1ccc(Oc2cc(C#N)c(C#N)cc2[N+](=O)[O-])cc1. The molecule has 0 atom stereocenters. The van der Waals surface area contributed by atoms with E-state index in [-0.39, 0.29) is 28.4 Å². The van der Waals surface area contributed by atoms with Crippen molar-refractivity contribution in [1.82, 2.24) is 0 Å². The maximum Gasteiger partial charge on any atom is 0.312 e. The number of hydrogen-bond acceptors (Lipinski definition) is 6. The number of carbonyl (C=O) groups excluding carboxylic acids is 1. The van der Waals surface area contributed by atoms with E-state index in [4.69, 9.17) is 15.3 Å². The molecule has 0 radical (unpaired) electrons. The molecule has 0 aliphatic carbocycles. The number of ketones is 1. The Bertz CT molecular complexity index is 874. The van der Waals surface area contributed by atoms with E-state index >= 15 is 0 Å². The zero-order valence-corrected chi connectivity index (χ0v) is 11.9. The van der Waals surface area contributed by atoms with E-state index in [1.54, 1.807) is 12.1 Å². The molecule has 2 rings (SSSR count). The molecule has 0 spiro atoms. The van der Waals surface area contributed by atoms with Gasteiger partial charge < -0.3 is 4.74 Å². The van der Waals surface area contributed by atoms with E-state index in [2.05, 4.69) is 0 Å². The summed E-state index contributed by atoms with van der Waals surface area (Å²) in [6.07, 6.45) is 0. The second-order valence-electron chi connectivity index (χ2n) is 4.53. The minimum absolute atomic E-state index is 0.0199. The van der Waals surface area contributed by atoms with Gasteiger partial charge in [-0.2, -0.15) is 10.5 Å². The highest BCUT2D eigenvalue weighted by Crippen LogP contribution is 2.34. The zero-order chi connectivity index (χ0) is 17.0. The maximum absolute atomic E-state index is 11.2. The van der Waals surface area contributed by atoms with Crippen molar-refractivity contribution in [2.45, 2.75) is 6.92 Å². The number of Topliss-reactive ketones (excluding diaryl/α,β-unsaturated/α-hetero) is 1. The summed E-state index contributed by atoms with van der Waals surface area (Å²) in [4.78, 5) is 21.6. The van der Waals surface area contributed by atoms with Crippen molar-refractivity contribution in [3.8, 4) is 23.6 Å². The summed E-state index contributed by atoms with van der Waals surface area (Å²) in [7, 11) is 0. The summed E-state index contributed by atoms with van der Waals surface area (Å²) >= 11 is 0. The van der Waals surface area contributed by atoms with Gasteiger partial charge in [0.15, 0.2) is 5.78 Å². The van der Waals surface area contributed by atoms with E-state index in [1.807, 2.05) is 0 Å². The van der Waals surface area contributed by atoms with Gasteiger partial charge in [0, 0.05) is 17.7 Å². The normalized spacial score (nSPS) is 9.52. The molecular formula is C16H9N3O4. The lowest BCUT2D eigenvalue weighted by Crippen LogP contribution is -1.97. The molecule has 2 aromatic rings. The molecule has 0 saturated carbocycles. The fourth-order valence-electron chi connectivity index (χ4n) is 1.86. The summed E-state index contributed by atoms with van der Waals surface area (Å²) in [5, 5.41) is 29.0. The van der Waals surface area contributed by atoms with E-state index in [0.717, 1.165) is 12.1 Å². The summed E-state index contributed by atoms with van der Waals surface area (Å²) < 4.78 is 5.43. The lowest BCUT2D eigenvalue weighted by molar-refractivity contribution is -0.385. The first kappa shape index (κ1) is 15.7. The van der Waals surface area contributed by atoms with Gasteiger partial charge in [-0.15, -0.1) is 0 Å². The molecule has 112 valence electrons. The average molecular weight is 307 g/mol. The number of ether oxygens (including phenoxy) is 1. The average Bonchev–Trinajstić information content (AvgIpc) is 2.54. The van der Waals surface area contributed by atoms with Crippen molar-refractivity contribution in [3.05, 3.63) is 63.2 Å². The van der Waals surface area contributed by atoms with Crippen LogP contribution in [-0.4, -0.2) is 10.7 Å². The molecular weight excluding hydrogens is 298 g/mol. The van der Waals surface area contributed by atoms with Gasteiger partial charge in [0.1, 0.15) is 17.9 Å². The summed E-state index contributed by atoms with van der Waals surface area (Å²) in [6.45, 7) is 1.42. The van der Waals surface area contributed by atoms with Crippen LogP contribution in [0.5, 0.6) is 11.5 Å². The minimum Gasteiger partial charge on any atom is -0.450 e. The first-order valence-electron chi connectivity index (χ1n) is 6.37. The number of nitro groups is 1. The standard InChI is InChI=1S/C16H9N3O4/c1-10(20)11-2-4-14(5-3-11)23-16-7-13(9-18)12(8-17)6-15(16)19(21)22/h2-7H,1H3. The molecule has 7 nitrogen and oxygen atoms in total. The fourth-order valence-corrected chi connectivity index (χ4v) is 1.86. The first-order chi connectivity index (χ1) is 11.0. The van der Waals surface area contributed by atoms with Crippen LogP contribution >= 0.6 is 0 Å². The smallest absolute Gasteiger partial charge is 0.312 e. The van der Waals surface area contributed by atoms with Crippen LogP contribution in [0.25, 0.3) is 0 Å². The summed E-state index contributed by atoms with van der Waals surface area (Å²) in [6, 6.07) is 11.7. The van der Waals surface area contributed by atoms with Crippen LogP contribution in [0.2, 0.25) is 0 Å². The van der Waals surface area contributed by atoms with Gasteiger partial charge >= 0.3 is 5.69 Å². The number of carbonyl (C=O) groups is 1. The van der Waals surface area contributed by atoms with Gasteiger partial charge in [0.2, 0.25) is 5.75 Å². The van der Waals surface area contributed by atoms with E-state index < -0.39 is 10.6 Å². The Morgan fingerprint density at radius 2 is 1.70 bits per heavy atom. The molecule has 0 amide bonds. The maximum atomic E-state index is 11.2. The number of nitrogens with zero attached hydrogens (tertiary/aromatic N) is 3. The molecule has 0 aromatic heterocycles. The number of rotatable bonds is 4. The van der Waals surface area contributed by atoms with Crippen molar-refractivity contribution in [2.24, 2.45) is 0 Å². The lowest BCUT2D eigenvalue weighted by atomic mass is 10.1.